The van der Waals surface area contributed by atoms with Crippen molar-refractivity contribution < 1.29 is 22.3 Å². The molecule has 1 amide bonds. The highest BCUT2D eigenvalue weighted by Crippen LogP contribution is 2.39. The van der Waals surface area contributed by atoms with E-state index in [1.807, 2.05) is 0 Å². The standard InChI is InChI=1S/C27H28ClFN4O4S2/c1-4-32(5-2)15-16-33(27-30-24-23(37-3)14-13-22(28)25(24)38-27)26(34)18-7-6-8-20(17-18)31-39(35,36)21-11-9-19(29)10-12-21/h6-14,17,31H,4-5,15-16H2,1-3H3. The quantitative estimate of drug-likeness (QED) is 0.234. The summed E-state index contributed by atoms with van der Waals surface area (Å²) < 4.78 is 47.5. The summed E-state index contributed by atoms with van der Waals surface area (Å²) in [6.07, 6.45) is 0. The van der Waals surface area contributed by atoms with E-state index in [-0.39, 0.29) is 22.1 Å². The fraction of sp³-hybridized carbons (Fsp3) is 0.259. The summed E-state index contributed by atoms with van der Waals surface area (Å²) in [4.78, 5) is 22.2. The van der Waals surface area contributed by atoms with Gasteiger partial charge in [0.15, 0.2) is 5.13 Å². The zero-order chi connectivity index (χ0) is 28.2. The number of benzene rings is 3. The van der Waals surface area contributed by atoms with Gasteiger partial charge in [-0.15, -0.1) is 0 Å². The van der Waals surface area contributed by atoms with Crippen LogP contribution in [0.5, 0.6) is 5.75 Å². The number of halogens is 2. The highest BCUT2D eigenvalue weighted by Gasteiger charge is 2.24. The van der Waals surface area contributed by atoms with Crippen LogP contribution in [0.2, 0.25) is 5.02 Å². The highest BCUT2D eigenvalue weighted by molar-refractivity contribution is 7.92. The van der Waals surface area contributed by atoms with Crippen molar-refractivity contribution in [1.29, 1.82) is 0 Å². The van der Waals surface area contributed by atoms with Crippen LogP contribution in [-0.4, -0.2) is 57.5 Å². The number of amides is 1. The molecular formula is C27H28ClFN4O4S2. The Morgan fingerprint density at radius 1 is 1.08 bits per heavy atom. The van der Waals surface area contributed by atoms with Gasteiger partial charge >= 0.3 is 0 Å². The fourth-order valence-electron chi connectivity index (χ4n) is 3.99. The number of hydrogen-bond donors (Lipinski definition) is 1. The molecule has 1 N–H and O–H groups in total. The first-order valence-corrected chi connectivity index (χ1v) is 14.9. The second-order valence-corrected chi connectivity index (χ2v) is 11.6. The number of aromatic nitrogens is 1. The Bertz CT molecular complexity index is 1570. The van der Waals surface area contributed by atoms with Crippen LogP contribution in [0.3, 0.4) is 0 Å². The minimum atomic E-state index is -3.99. The monoisotopic (exact) mass is 590 g/mol. The molecule has 0 aliphatic carbocycles. The van der Waals surface area contributed by atoms with Gasteiger partial charge in [-0.25, -0.2) is 17.8 Å². The second kappa shape index (κ2) is 12.3. The molecule has 3 aromatic carbocycles. The van der Waals surface area contributed by atoms with Gasteiger partial charge in [-0.3, -0.25) is 14.4 Å². The van der Waals surface area contributed by atoms with Crippen LogP contribution in [0.25, 0.3) is 10.2 Å². The molecule has 0 fully saturated rings. The summed E-state index contributed by atoms with van der Waals surface area (Å²) >= 11 is 7.72. The second-order valence-electron chi connectivity index (χ2n) is 8.55. The SMILES string of the molecule is CCN(CC)CCN(C(=O)c1cccc(NS(=O)(=O)c2ccc(F)cc2)c1)c1nc2c(OC)ccc(Cl)c2s1. The summed E-state index contributed by atoms with van der Waals surface area (Å²) in [5.74, 6) is -0.343. The molecule has 0 atom stereocenters. The number of carbonyl (C=O) groups is 1. The summed E-state index contributed by atoms with van der Waals surface area (Å²) in [6.45, 7) is 6.70. The van der Waals surface area contributed by atoms with Crippen molar-refractivity contribution in [1.82, 2.24) is 9.88 Å². The van der Waals surface area contributed by atoms with Crippen LogP contribution in [0, 0.1) is 5.82 Å². The number of thiazole rings is 1. The molecule has 1 heterocycles. The molecule has 0 spiro atoms. The number of ether oxygens (including phenoxy) is 1. The zero-order valence-electron chi connectivity index (χ0n) is 21.6. The molecule has 4 aromatic rings. The van der Waals surface area contributed by atoms with Crippen LogP contribution in [0.1, 0.15) is 24.2 Å². The number of hydrogen-bond acceptors (Lipinski definition) is 7. The van der Waals surface area contributed by atoms with E-state index in [0.29, 0.717) is 39.2 Å². The van der Waals surface area contributed by atoms with E-state index in [1.165, 1.54) is 29.5 Å². The Morgan fingerprint density at radius 3 is 2.46 bits per heavy atom. The van der Waals surface area contributed by atoms with Gasteiger partial charge in [-0.2, -0.15) is 0 Å². The third-order valence-electron chi connectivity index (χ3n) is 6.16. The molecule has 39 heavy (non-hydrogen) atoms. The Balaban J connectivity index is 1.68. The number of likely N-dealkylation sites (N-methyl/N-ethyl adjacent to an activating group) is 1. The van der Waals surface area contributed by atoms with Crippen LogP contribution in [0.4, 0.5) is 15.2 Å². The molecule has 1 aromatic heterocycles. The zero-order valence-corrected chi connectivity index (χ0v) is 24.0. The molecule has 0 aliphatic heterocycles. The van der Waals surface area contributed by atoms with Crippen LogP contribution >= 0.6 is 22.9 Å². The first-order valence-electron chi connectivity index (χ1n) is 12.2. The van der Waals surface area contributed by atoms with E-state index in [9.17, 15) is 17.6 Å². The minimum Gasteiger partial charge on any atom is -0.494 e. The van der Waals surface area contributed by atoms with E-state index in [2.05, 4.69) is 23.5 Å². The number of nitrogens with zero attached hydrogens (tertiary/aromatic N) is 3. The number of nitrogens with one attached hydrogen (secondary N) is 1. The van der Waals surface area contributed by atoms with Crippen molar-refractivity contribution in [2.45, 2.75) is 18.7 Å². The van der Waals surface area contributed by atoms with Crippen LogP contribution in [0.15, 0.2) is 65.6 Å². The third-order valence-corrected chi connectivity index (χ3v) is 9.10. The Hall–Kier alpha value is -3.25. The van der Waals surface area contributed by atoms with Gasteiger partial charge in [0.1, 0.15) is 17.1 Å². The smallest absolute Gasteiger partial charge is 0.261 e. The lowest BCUT2D eigenvalue weighted by molar-refractivity contribution is 0.0983. The lowest BCUT2D eigenvalue weighted by Gasteiger charge is -2.25. The number of carbonyl (C=O) groups excluding carboxylic acids is 1. The molecule has 0 saturated heterocycles. The van der Waals surface area contributed by atoms with E-state index >= 15 is 0 Å². The lowest BCUT2D eigenvalue weighted by Crippen LogP contribution is -2.38. The van der Waals surface area contributed by atoms with Crippen molar-refractivity contribution in [2.24, 2.45) is 0 Å². The van der Waals surface area contributed by atoms with Gasteiger partial charge in [-0.05, 0) is 67.7 Å². The predicted molar refractivity (Wildman–Crippen MR) is 154 cm³/mol. The Labute approximate surface area is 236 Å². The molecule has 206 valence electrons. The summed E-state index contributed by atoms with van der Waals surface area (Å²) in [5.41, 5.74) is 1.03. The fourth-order valence-corrected chi connectivity index (χ4v) is 6.32. The molecule has 0 radical (unpaired) electrons. The van der Waals surface area contributed by atoms with Crippen molar-refractivity contribution >= 4 is 59.9 Å². The summed E-state index contributed by atoms with van der Waals surface area (Å²) in [7, 11) is -2.44. The normalized spacial score (nSPS) is 11.6. The Morgan fingerprint density at radius 2 is 1.79 bits per heavy atom. The molecule has 4 rings (SSSR count). The summed E-state index contributed by atoms with van der Waals surface area (Å²) in [5, 5.41) is 0.953. The van der Waals surface area contributed by atoms with Crippen LogP contribution in [-0.2, 0) is 10.0 Å². The minimum absolute atomic E-state index is 0.0956. The van der Waals surface area contributed by atoms with Crippen molar-refractivity contribution in [3.8, 4) is 5.75 Å². The first-order chi connectivity index (χ1) is 18.7. The maximum Gasteiger partial charge on any atom is 0.261 e. The number of sulfonamides is 1. The Kier molecular flexibility index (Phi) is 9.06. The van der Waals surface area contributed by atoms with Gasteiger partial charge in [0.05, 0.1) is 21.7 Å². The van der Waals surface area contributed by atoms with Gasteiger partial charge in [-0.1, -0.05) is 42.9 Å². The van der Waals surface area contributed by atoms with Crippen molar-refractivity contribution in [3.05, 3.63) is 77.1 Å². The average molecular weight is 591 g/mol. The molecule has 0 saturated carbocycles. The van der Waals surface area contributed by atoms with E-state index < -0.39 is 15.8 Å². The van der Waals surface area contributed by atoms with Gasteiger partial charge < -0.3 is 9.64 Å². The molecule has 0 unspecified atom stereocenters. The highest BCUT2D eigenvalue weighted by atomic mass is 35.5. The average Bonchev–Trinajstić information content (AvgIpc) is 3.37. The predicted octanol–water partition coefficient (Wildman–Crippen LogP) is 5.89. The number of anilines is 2. The van der Waals surface area contributed by atoms with E-state index in [0.717, 1.165) is 25.2 Å². The van der Waals surface area contributed by atoms with Gasteiger partial charge in [0, 0.05) is 24.3 Å². The largest absolute Gasteiger partial charge is 0.494 e. The van der Waals surface area contributed by atoms with Crippen molar-refractivity contribution in [3.63, 3.8) is 0 Å². The summed E-state index contributed by atoms with van der Waals surface area (Å²) in [6, 6.07) is 14.2. The maximum atomic E-state index is 13.9. The molecule has 12 heteroatoms. The van der Waals surface area contributed by atoms with Crippen molar-refractivity contribution in [2.75, 3.05) is 42.9 Å². The molecular weight excluding hydrogens is 563 g/mol. The molecule has 0 bridgehead atoms. The van der Waals surface area contributed by atoms with Crippen LogP contribution < -0.4 is 14.4 Å². The van der Waals surface area contributed by atoms with Gasteiger partial charge in [0.2, 0.25) is 0 Å². The maximum absolute atomic E-state index is 13.9. The number of methoxy groups -OCH3 is 1. The lowest BCUT2D eigenvalue weighted by atomic mass is 10.2. The topological polar surface area (TPSA) is 91.8 Å². The van der Waals surface area contributed by atoms with E-state index in [4.69, 9.17) is 21.3 Å². The van der Waals surface area contributed by atoms with E-state index in [1.54, 1.807) is 42.3 Å². The van der Waals surface area contributed by atoms with Gasteiger partial charge in [0.25, 0.3) is 15.9 Å². The number of fused-ring (bicyclic) bond motifs is 1. The molecule has 0 aliphatic rings. The first kappa shape index (κ1) is 28.8. The number of rotatable bonds is 11. The third kappa shape index (κ3) is 6.50. The molecule has 8 nitrogen and oxygen atoms in total.